The van der Waals surface area contributed by atoms with Crippen molar-refractivity contribution < 1.29 is 9.53 Å². The predicted octanol–water partition coefficient (Wildman–Crippen LogP) is 1.69. The van der Waals surface area contributed by atoms with E-state index in [0.717, 1.165) is 24.3 Å². The van der Waals surface area contributed by atoms with Crippen LogP contribution in [0.3, 0.4) is 0 Å². The maximum absolute atomic E-state index is 10.9. The minimum absolute atomic E-state index is 0.550. The highest BCUT2D eigenvalue weighted by atomic mass is 16.5. The third kappa shape index (κ3) is 2.82. The summed E-state index contributed by atoms with van der Waals surface area (Å²) in [5.74, 6) is 1.76. The molecule has 3 rings (SSSR count). The Bertz CT molecular complexity index is 648. The zero-order valence-electron chi connectivity index (χ0n) is 12.8. The lowest BCUT2D eigenvalue weighted by Gasteiger charge is -2.35. The number of carbonyl (C=O) groups excluding carboxylic acids is 1. The second kappa shape index (κ2) is 6.19. The van der Waals surface area contributed by atoms with Crippen LogP contribution >= 0.6 is 0 Å². The van der Waals surface area contributed by atoms with Gasteiger partial charge >= 0.3 is 0 Å². The van der Waals surface area contributed by atoms with Crippen LogP contribution in [0, 0.1) is 12.8 Å². The first-order valence-electron chi connectivity index (χ1n) is 7.35. The lowest BCUT2D eigenvalue weighted by molar-refractivity contribution is -0.105. The zero-order chi connectivity index (χ0) is 15.5. The molecule has 0 unspecified atom stereocenters. The lowest BCUT2D eigenvalue weighted by atomic mass is 10.0. The van der Waals surface area contributed by atoms with E-state index in [0.29, 0.717) is 30.6 Å². The molecule has 0 bridgehead atoms. The fourth-order valence-electron chi connectivity index (χ4n) is 2.72. The topological polar surface area (TPSA) is 59.4 Å². The van der Waals surface area contributed by atoms with Crippen LogP contribution in [0.2, 0.25) is 0 Å². The molecule has 1 aromatic carbocycles. The van der Waals surface area contributed by atoms with Crippen molar-refractivity contribution in [3.05, 3.63) is 35.9 Å². The summed E-state index contributed by atoms with van der Waals surface area (Å²) < 4.78 is 7.56. The van der Waals surface area contributed by atoms with E-state index < -0.39 is 0 Å². The van der Waals surface area contributed by atoms with E-state index in [4.69, 9.17) is 4.74 Å². The summed E-state index contributed by atoms with van der Waals surface area (Å²) in [5.41, 5.74) is 1.72. The summed E-state index contributed by atoms with van der Waals surface area (Å²) in [5, 5.41) is 7.23. The number of nitrogens with zero attached hydrogens (tertiary/aromatic N) is 3. The van der Waals surface area contributed by atoms with Crippen LogP contribution in [0.15, 0.2) is 30.3 Å². The number of amides is 1. The number of likely N-dealkylation sites (tertiary alicyclic amines) is 1. The van der Waals surface area contributed by atoms with Crippen molar-refractivity contribution in [3.63, 3.8) is 0 Å². The van der Waals surface area contributed by atoms with E-state index in [-0.39, 0.29) is 0 Å². The Kier molecular flexibility index (Phi) is 4.11. The van der Waals surface area contributed by atoms with Crippen LogP contribution in [0.4, 0.5) is 5.82 Å². The number of anilines is 1. The number of hydrogen-bond acceptors (Lipinski definition) is 4. The van der Waals surface area contributed by atoms with E-state index in [9.17, 15) is 4.79 Å². The van der Waals surface area contributed by atoms with Gasteiger partial charge in [-0.1, -0.05) is 18.2 Å². The number of benzene rings is 1. The van der Waals surface area contributed by atoms with E-state index >= 15 is 0 Å². The fraction of sp³-hybridized carbons (Fsp3) is 0.375. The molecule has 0 aliphatic carbocycles. The molecular formula is C16H20N4O2. The number of para-hydroxylation sites is 1. The number of ether oxygens (including phenoxy) is 1. The predicted molar refractivity (Wildman–Crippen MR) is 84.5 cm³/mol. The second-order valence-corrected chi connectivity index (χ2v) is 5.69. The third-order valence-corrected chi connectivity index (χ3v) is 3.87. The number of nitrogens with one attached hydrogen (secondary N) is 1. The molecule has 0 saturated carbocycles. The molecule has 0 atom stereocenters. The van der Waals surface area contributed by atoms with Crippen molar-refractivity contribution >= 4 is 12.2 Å². The summed E-state index contributed by atoms with van der Waals surface area (Å²) in [6, 6.07) is 9.68. The molecule has 22 heavy (non-hydrogen) atoms. The maximum Gasteiger partial charge on any atom is 0.238 e. The molecule has 1 N–H and O–H groups in total. The molecule has 1 saturated heterocycles. The van der Waals surface area contributed by atoms with Gasteiger partial charge in [-0.05, 0) is 26.1 Å². The molecule has 2 heterocycles. The molecule has 1 aromatic heterocycles. The molecule has 6 heteroatoms. The Labute approximate surface area is 129 Å². The molecule has 6 nitrogen and oxygen atoms in total. The molecule has 1 fully saturated rings. The van der Waals surface area contributed by atoms with Crippen molar-refractivity contribution in [1.29, 1.82) is 0 Å². The molecule has 0 radical (unpaired) electrons. The largest absolute Gasteiger partial charge is 0.476 e. The van der Waals surface area contributed by atoms with Crippen LogP contribution in [0.5, 0.6) is 5.88 Å². The molecule has 0 spiro atoms. The summed E-state index contributed by atoms with van der Waals surface area (Å²) in [6.07, 6.45) is 0.661. The van der Waals surface area contributed by atoms with Crippen molar-refractivity contribution in [2.24, 2.45) is 5.92 Å². The second-order valence-electron chi connectivity index (χ2n) is 5.69. The number of carbonyl (C=O) groups is 1. The minimum atomic E-state index is 0.550. The van der Waals surface area contributed by atoms with E-state index in [2.05, 4.69) is 22.4 Å². The van der Waals surface area contributed by atoms with E-state index in [1.807, 2.05) is 37.3 Å². The zero-order valence-corrected chi connectivity index (χ0v) is 12.8. The Morgan fingerprint density at radius 2 is 2.09 bits per heavy atom. The standard InChI is InChI=1S/C16H20N4O2/c1-12-15(17-11-21)20(14-6-4-3-5-7-14)18-16(12)22-10-13-8-19(2)9-13/h3-7,11,13H,8-10H2,1-2H3,(H,17,21). The first-order chi connectivity index (χ1) is 10.7. The van der Waals surface area contributed by atoms with Gasteiger partial charge in [0, 0.05) is 19.0 Å². The molecule has 2 aromatic rings. The Morgan fingerprint density at radius 1 is 1.36 bits per heavy atom. The van der Waals surface area contributed by atoms with Crippen LogP contribution in [0.1, 0.15) is 5.56 Å². The van der Waals surface area contributed by atoms with Gasteiger partial charge in [0.05, 0.1) is 17.9 Å². The van der Waals surface area contributed by atoms with Crippen molar-refractivity contribution in [1.82, 2.24) is 14.7 Å². The van der Waals surface area contributed by atoms with Crippen molar-refractivity contribution in [2.45, 2.75) is 6.92 Å². The Morgan fingerprint density at radius 3 is 2.73 bits per heavy atom. The molecule has 116 valence electrons. The average Bonchev–Trinajstić information content (AvgIpc) is 2.81. The van der Waals surface area contributed by atoms with Crippen molar-refractivity contribution in [2.75, 3.05) is 32.1 Å². The lowest BCUT2D eigenvalue weighted by Crippen LogP contribution is -2.46. The summed E-state index contributed by atoms with van der Waals surface area (Å²) in [4.78, 5) is 13.1. The Balaban J connectivity index is 1.83. The van der Waals surface area contributed by atoms with Crippen LogP contribution in [0.25, 0.3) is 5.69 Å². The van der Waals surface area contributed by atoms with Gasteiger partial charge in [0.2, 0.25) is 12.3 Å². The van der Waals surface area contributed by atoms with Gasteiger partial charge in [-0.15, -0.1) is 5.10 Å². The van der Waals surface area contributed by atoms with Gasteiger partial charge in [0.1, 0.15) is 5.82 Å². The van der Waals surface area contributed by atoms with Gasteiger partial charge < -0.3 is 15.0 Å². The number of rotatable bonds is 6. The smallest absolute Gasteiger partial charge is 0.238 e. The van der Waals surface area contributed by atoms with Gasteiger partial charge in [0.25, 0.3) is 0 Å². The van der Waals surface area contributed by atoms with Gasteiger partial charge in [-0.3, -0.25) is 4.79 Å². The highest BCUT2D eigenvalue weighted by Gasteiger charge is 2.25. The van der Waals surface area contributed by atoms with Crippen LogP contribution in [-0.2, 0) is 4.79 Å². The monoisotopic (exact) mass is 300 g/mol. The average molecular weight is 300 g/mol. The van der Waals surface area contributed by atoms with Gasteiger partial charge in [-0.2, -0.15) is 0 Å². The van der Waals surface area contributed by atoms with Crippen molar-refractivity contribution in [3.8, 4) is 11.6 Å². The summed E-state index contributed by atoms with van der Waals surface area (Å²) in [6.45, 7) is 4.66. The number of hydrogen-bond donors (Lipinski definition) is 1. The third-order valence-electron chi connectivity index (χ3n) is 3.87. The fourth-order valence-corrected chi connectivity index (χ4v) is 2.72. The molecule has 1 aliphatic heterocycles. The van der Waals surface area contributed by atoms with Gasteiger partial charge in [-0.25, -0.2) is 4.68 Å². The van der Waals surface area contributed by atoms with Gasteiger partial charge in [0.15, 0.2) is 0 Å². The Hall–Kier alpha value is -2.34. The number of aromatic nitrogens is 2. The minimum Gasteiger partial charge on any atom is -0.476 e. The highest BCUT2D eigenvalue weighted by Crippen LogP contribution is 2.28. The summed E-state index contributed by atoms with van der Waals surface area (Å²) >= 11 is 0. The maximum atomic E-state index is 10.9. The molecule has 1 amide bonds. The SMILES string of the molecule is Cc1c(OCC2CN(C)C2)nn(-c2ccccc2)c1NC=O. The van der Waals surface area contributed by atoms with Crippen LogP contribution in [-0.4, -0.2) is 47.8 Å². The molecular weight excluding hydrogens is 280 g/mol. The van der Waals surface area contributed by atoms with E-state index in [1.54, 1.807) is 4.68 Å². The quantitative estimate of drug-likeness (QED) is 0.825. The summed E-state index contributed by atoms with van der Waals surface area (Å²) in [7, 11) is 2.10. The first kappa shape index (κ1) is 14.6. The normalized spacial score (nSPS) is 15.4. The van der Waals surface area contributed by atoms with E-state index in [1.165, 1.54) is 0 Å². The molecule has 1 aliphatic rings. The van der Waals surface area contributed by atoms with Crippen LogP contribution < -0.4 is 10.1 Å². The highest BCUT2D eigenvalue weighted by molar-refractivity contribution is 5.73. The first-order valence-corrected chi connectivity index (χ1v) is 7.35.